The minimum Gasteiger partial charge on any atom is -0.326 e. The number of halogens is 4. The van der Waals surface area contributed by atoms with E-state index in [9.17, 15) is 18.0 Å². The largest absolute Gasteiger partial charge is 0.416 e. The molecule has 1 N–H and O–H groups in total. The number of amides is 1. The molecule has 1 saturated heterocycles. The van der Waals surface area contributed by atoms with Crippen LogP contribution in [0.1, 0.15) is 49.3 Å². The predicted molar refractivity (Wildman–Crippen MR) is 150 cm³/mol. The Morgan fingerprint density at radius 2 is 1.74 bits per heavy atom. The fourth-order valence-corrected chi connectivity index (χ4v) is 5.41. The maximum Gasteiger partial charge on any atom is 0.416 e. The standard InChI is InChI=1S/C31H31ClF3N3O/c1-20(2)30(39)36-26-5-3-4-22(16-26)21-12-14-37(15-13-21)18-23-19-38(29-17-25(32)8-11-28(23)29)27-9-6-24(7-10-27)31(33,34)35/h3-11,16-17,19-21H,12-15,18H2,1-2H3,(H,36,39). The first-order valence-corrected chi connectivity index (χ1v) is 13.6. The van der Waals surface area contributed by atoms with Crippen molar-refractivity contribution in [1.82, 2.24) is 9.47 Å². The number of piperidine rings is 1. The van der Waals surface area contributed by atoms with Crippen molar-refractivity contribution < 1.29 is 18.0 Å². The molecule has 0 bridgehead atoms. The Hall–Kier alpha value is -3.29. The molecule has 1 amide bonds. The van der Waals surface area contributed by atoms with Gasteiger partial charge < -0.3 is 9.88 Å². The zero-order chi connectivity index (χ0) is 27.7. The minimum atomic E-state index is -4.37. The zero-order valence-electron chi connectivity index (χ0n) is 21.9. The van der Waals surface area contributed by atoms with E-state index >= 15 is 0 Å². The van der Waals surface area contributed by atoms with Gasteiger partial charge in [-0.3, -0.25) is 9.69 Å². The summed E-state index contributed by atoms with van der Waals surface area (Å²) in [5.41, 5.74) is 4.04. The lowest BCUT2D eigenvalue weighted by molar-refractivity contribution is -0.137. The molecule has 0 unspecified atom stereocenters. The van der Waals surface area contributed by atoms with Crippen LogP contribution in [0.5, 0.6) is 0 Å². The first-order chi connectivity index (χ1) is 18.6. The summed E-state index contributed by atoms with van der Waals surface area (Å²) >= 11 is 6.30. The SMILES string of the molecule is CC(C)C(=O)Nc1cccc(C2CCN(Cc3cn(-c4ccc(C(F)(F)F)cc4)c4cc(Cl)ccc34)CC2)c1. The molecule has 3 aromatic carbocycles. The fourth-order valence-electron chi connectivity index (χ4n) is 5.24. The Morgan fingerprint density at radius 1 is 1.03 bits per heavy atom. The van der Waals surface area contributed by atoms with Crippen molar-refractivity contribution in [3.05, 3.63) is 94.6 Å². The summed E-state index contributed by atoms with van der Waals surface area (Å²) in [7, 11) is 0. The van der Waals surface area contributed by atoms with Gasteiger partial charge in [0.2, 0.25) is 5.91 Å². The number of anilines is 1. The second-order valence-electron chi connectivity index (χ2n) is 10.6. The summed E-state index contributed by atoms with van der Waals surface area (Å²) in [6.07, 6.45) is -0.353. The fraction of sp³-hybridized carbons (Fsp3) is 0.323. The van der Waals surface area contributed by atoms with Crippen LogP contribution in [0, 0.1) is 5.92 Å². The van der Waals surface area contributed by atoms with Crippen molar-refractivity contribution in [2.24, 2.45) is 5.92 Å². The highest BCUT2D eigenvalue weighted by atomic mass is 35.5. The van der Waals surface area contributed by atoms with Gasteiger partial charge in [-0.25, -0.2) is 0 Å². The van der Waals surface area contributed by atoms with Gasteiger partial charge in [-0.2, -0.15) is 13.2 Å². The van der Waals surface area contributed by atoms with E-state index in [0.717, 1.165) is 66.8 Å². The Labute approximate surface area is 231 Å². The second kappa shape index (κ2) is 11.1. The van der Waals surface area contributed by atoms with Crippen molar-refractivity contribution in [2.75, 3.05) is 18.4 Å². The summed E-state index contributed by atoms with van der Waals surface area (Å²) in [4.78, 5) is 14.5. The summed E-state index contributed by atoms with van der Waals surface area (Å²) in [6, 6.07) is 19.0. The van der Waals surface area contributed by atoms with Crippen molar-refractivity contribution in [1.29, 1.82) is 0 Å². The smallest absolute Gasteiger partial charge is 0.326 e. The molecule has 204 valence electrons. The number of likely N-dealkylation sites (tertiary alicyclic amines) is 1. The number of carbonyl (C=O) groups excluding carboxylic acids is 1. The number of nitrogens with zero attached hydrogens (tertiary/aromatic N) is 2. The molecule has 0 aliphatic carbocycles. The average Bonchev–Trinajstić information content (AvgIpc) is 3.26. The van der Waals surface area contributed by atoms with Crippen LogP contribution in [0.4, 0.5) is 18.9 Å². The predicted octanol–water partition coefficient (Wildman–Crippen LogP) is 8.28. The molecule has 5 rings (SSSR count). The van der Waals surface area contributed by atoms with E-state index in [-0.39, 0.29) is 11.8 Å². The van der Waals surface area contributed by atoms with Gasteiger partial charge in [0.05, 0.1) is 11.1 Å². The zero-order valence-corrected chi connectivity index (χ0v) is 22.7. The van der Waals surface area contributed by atoms with E-state index in [1.807, 2.05) is 54.9 Å². The molecule has 1 aromatic heterocycles. The first kappa shape index (κ1) is 27.3. The molecule has 1 aliphatic heterocycles. The lowest BCUT2D eigenvalue weighted by atomic mass is 9.89. The van der Waals surface area contributed by atoms with Gasteiger partial charge in [0.15, 0.2) is 0 Å². The van der Waals surface area contributed by atoms with E-state index in [0.29, 0.717) is 16.6 Å². The van der Waals surface area contributed by atoms with Gasteiger partial charge in [0.25, 0.3) is 0 Å². The number of fused-ring (bicyclic) bond motifs is 1. The molecule has 4 aromatic rings. The number of hydrogen-bond donors (Lipinski definition) is 1. The Bertz CT molecular complexity index is 1470. The quantitative estimate of drug-likeness (QED) is 0.261. The average molecular weight is 554 g/mol. The van der Waals surface area contributed by atoms with E-state index < -0.39 is 11.7 Å². The van der Waals surface area contributed by atoms with Crippen LogP contribution in [0.2, 0.25) is 5.02 Å². The van der Waals surface area contributed by atoms with E-state index in [4.69, 9.17) is 11.6 Å². The molecule has 39 heavy (non-hydrogen) atoms. The summed E-state index contributed by atoms with van der Waals surface area (Å²) in [5, 5.41) is 4.61. The summed E-state index contributed by atoms with van der Waals surface area (Å²) < 4.78 is 41.2. The topological polar surface area (TPSA) is 37.3 Å². The number of alkyl halides is 3. The molecule has 0 atom stereocenters. The van der Waals surface area contributed by atoms with Crippen LogP contribution in [0.3, 0.4) is 0 Å². The van der Waals surface area contributed by atoms with E-state index in [1.54, 1.807) is 0 Å². The molecule has 8 heteroatoms. The van der Waals surface area contributed by atoms with Crippen molar-refractivity contribution in [2.45, 2.75) is 45.3 Å². The van der Waals surface area contributed by atoms with Gasteiger partial charge >= 0.3 is 6.18 Å². The van der Waals surface area contributed by atoms with Crippen LogP contribution in [-0.4, -0.2) is 28.5 Å². The highest BCUT2D eigenvalue weighted by molar-refractivity contribution is 6.31. The molecule has 0 spiro atoms. The number of nitrogens with one attached hydrogen (secondary N) is 1. The van der Waals surface area contributed by atoms with Gasteiger partial charge in [0, 0.05) is 40.4 Å². The number of benzene rings is 3. The molecule has 4 nitrogen and oxygen atoms in total. The van der Waals surface area contributed by atoms with Crippen LogP contribution in [0.25, 0.3) is 16.6 Å². The lowest BCUT2D eigenvalue weighted by Gasteiger charge is -2.32. The molecule has 0 radical (unpaired) electrons. The third-order valence-corrected chi connectivity index (χ3v) is 7.69. The van der Waals surface area contributed by atoms with Crippen molar-refractivity contribution in [3.8, 4) is 5.69 Å². The van der Waals surface area contributed by atoms with Gasteiger partial charge in [-0.05, 0) is 91.5 Å². The van der Waals surface area contributed by atoms with E-state index in [2.05, 4.69) is 22.3 Å². The number of hydrogen-bond acceptors (Lipinski definition) is 2. The third kappa shape index (κ3) is 6.15. The number of aromatic nitrogens is 1. The second-order valence-corrected chi connectivity index (χ2v) is 11.0. The lowest BCUT2D eigenvalue weighted by Crippen LogP contribution is -2.32. The monoisotopic (exact) mass is 553 g/mol. The highest BCUT2D eigenvalue weighted by Crippen LogP contribution is 2.34. The van der Waals surface area contributed by atoms with Gasteiger partial charge in [0.1, 0.15) is 0 Å². The maximum atomic E-state index is 13.1. The molecule has 0 saturated carbocycles. The van der Waals surface area contributed by atoms with Gasteiger partial charge in [-0.1, -0.05) is 43.6 Å². The molecule has 2 heterocycles. The van der Waals surface area contributed by atoms with Crippen LogP contribution in [-0.2, 0) is 17.5 Å². The van der Waals surface area contributed by atoms with Crippen LogP contribution >= 0.6 is 11.6 Å². The number of carbonyl (C=O) groups is 1. The van der Waals surface area contributed by atoms with E-state index in [1.165, 1.54) is 17.7 Å². The number of rotatable bonds is 6. The molecular weight excluding hydrogens is 523 g/mol. The highest BCUT2D eigenvalue weighted by Gasteiger charge is 2.30. The molecular formula is C31H31ClF3N3O. The normalized spacial score (nSPS) is 15.3. The van der Waals surface area contributed by atoms with Crippen LogP contribution < -0.4 is 5.32 Å². The van der Waals surface area contributed by atoms with Crippen molar-refractivity contribution in [3.63, 3.8) is 0 Å². The minimum absolute atomic E-state index is 0.0127. The Balaban J connectivity index is 1.31. The Kier molecular flexibility index (Phi) is 7.74. The van der Waals surface area contributed by atoms with Crippen LogP contribution in [0.15, 0.2) is 72.9 Å². The summed E-state index contributed by atoms with van der Waals surface area (Å²) in [6.45, 7) is 6.35. The van der Waals surface area contributed by atoms with Gasteiger partial charge in [-0.15, -0.1) is 0 Å². The molecule has 1 aliphatic rings. The first-order valence-electron chi connectivity index (χ1n) is 13.2. The molecule has 1 fully saturated rings. The maximum absolute atomic E-state index is 13.1. The third-order valence-electron chi connectivity index (χ3n) is 7.45. The summed E-state index contributed by atoms with van der Waals surface area (Å²) in [5.74, 6) is 0.362. The Morgan fingerprint density at radius 3 is 2.41 bits per heavy atom. The van der Waals surface area contributed by atoms with Crippen molar-refractivity contribution >= 4 is 34.1 Å².